The van der Waals surface area contributed by atoms with Gasteiger partial charge < -0.3 is 4.90 Å². The van der Waals surface area contributed by atoms with Crippen molar-refractivity contribution >= 4 is 21.8 Å². The number of nitrogens with zero attached hydrogens (tertiary/aromatic N) is 1. The fraction of sp³-hybridized carbons (Fsp3) is 0.562. The summed E-state index contributed by atoms with van der Waals surface area (Å²) in [6.07, 6.45) is 6.63. The van der Waals surface area contributed by atoms with Gasteiger partial charge in [-0.3, -0.25) is 4.79 Å². The summed E-state index contributed by atoms with van der Waals surface area (Å²) in [6, 6.07) is 8.06. The number of hydrogen-bond acceptors (Lipinski definition) is 1. The summed E-state index contributed by atoms with van der Waals surface area (Å²) < 4.78 is 1.07. The van der Waals surface area contributed by atoms with E-state index in [1.165, 1.54) is 25.7 Å². The highest BCUT2D eigenvalue weighted by Crippen LogP contribution is 2.17. The van der Waals surface area contributed by atoms with Gasteiger partial charge in [0.1, 0.15) is 0 Å². The lowest BCUT2D eigenvalue weighted by Gasteiger charge is -2.18. The molecule has 0 saturated carbocycles. The Morgan fingerprint density at radius 3 is 2.53 bits per heavy atom. The first-order valence-corrected chi connectivity index (χ1v) is 7.91. The highest BCUT2D eigenvalue weighted by molar-refractivity contribution is 9.10. The first-order valence-electron chi connectivity index (χ1n) is 7.12. The third kappa shape index (κ3) is 6.24. The van der Waals surface area contributed by atoms with Gasteiger partial charge in [0, 0.05) is 24.5 Å². The number of amides is 1. The van der Waals surface area contributed by atoms with E-state index in [1.54, 1.807) is 0 Å². The Morgan fingerprint density at radius 2 is 1.84 bits per heavy atom. The van der Waals surface area contributed by atoms with Gasteiger partial charge in [0.05, 0.1) is 0 Å². The van der Waals surface area contributed by atoms with Crippen LogP contribution in [0.25, 0.3) is 0 Å². The molecule has 2 nitrogen and oxygen atoms in total. The maximum Gasteiger partial charge on any atom is 0.222 e. The Labute approximate surface area is 125 Å². The largest absolute Gasteiger partial charge is 0.341 e. The van der Waals surface area contributed by atoms with Crippen LogP contribution in [0.3, 0.4) is 0 Å². The van der Waals surface area contributed by atoms with Crippen LogP contribution < -0.4 is 0 Å². The van der Waals surface area contributed by atoms with Gasteiger partial charge in [-0.2, -0.15) is 0 Å². The van der Waals surface area contributed by atoms with Crippen LogP contribution in [0.5, 0.6) is 0 Å². The van der Waals surface area contributed by atoms with Crippen LogP contribution in [0.1, 0.15) is 51.0 Å². The minimum atomic E-state index is 0.243. The van der Waals surface area contributed by atoms with Crippen LogP contribution in [-0.2, 0) is 11.3 Å². The van der Waals surface area contributed by atoms with Gasteiger partial charge in [0.25, 0.3) is 0 Å². The third-order valence-electron chi connectivity index (χ3n) is 3.29. The minimum absolute atomic E-state index is 0.243. The predicted molar refractivity (Wildman–Crippen MR) is 84.0 cm³/mol. The van der Waals surface area contributed by atoms with Crippen molar-refractivity contribution in [3.05, 3.63) is 34.3 Å². The Balaban J connectivity index is 2.31. The number of hydrogen-bond donors (Lipinski definition) is 0. The SMILES string of the molecule is CCCCCCCC(=O)N(C)Cc1ccccc1Br. The van der Waals surface area contributed by atoms with Crippen molar-refractivity contribution in [2.45, 2.75) is 52.0 Å². The highest BCUT2D eigenvalue weighted by Gasteiger charge is 2.10. The van der Waals surface area contributed by atoms with Crippen molar-refractivity contribution in [3.63, 3.8) is 0 Å². The topological polar surface area (TPSA) is 20.3 Å². The van der Waals surface area contributed by atoms with Crippen LogP contribution in [-0.4, -0.2) is 17.9 Å². The number of carbonyl (C=O) groups excluding carboxylic acids is 1. The van der Waals surface area contributed by atoms with Gasteiger partial charge in [-0.05, 0) is 18.1 Å². The zero-order chi connectivity index (χ0) is 14.1. The van der Waals surface area contributed by atoms with Crippen molar-refractivity contribution in [3.8, 4) is 0 Å². The molecule has 1 rings (SSSR count). The van der Waals surface area contributed by atoms with Crippen LogP contribution in [0.4, 0.5) is 0 Å². The van der Waals surface area contributed by atoms with E-state index in [0.29, 0.717) is 13.0 Å². The lowest BCUT2D eigenvalue weighted by Crippen LogP contribution is -2.26. The molecule has 0 fully saturated rings. The van der Waals surface area contributed by atoms with E-state index in [2.05, 4.69) is 28.9 Å². The highest BCUT2D eigenvalue weighted by atomic mass is 79.9. The molecule has 0 bridgehead atoms. The summed E-state index contributed by atoms with van der Waals surface area (Å²) in [6.45, 7) is 2.88. The molecule has 106 valence electrons. The van der Waals surface area contributed by atoms with Crippen molar-refractivity contribution < 1.29 is 4.79 Å². The molecule has 3 heteroatoms. The molecule has 0 spiro atoms. The molecule has 19 heavy (non-hydrogen) atoms. The molecule has 0 aliphatic heterocycles. The molecule has 0 aliphatic rings. The average Bonchev–Trinajstić information content (AvgIpc) is 2.41. The Kier molecular flexibility index (Phi) is 7.80. The number of rotatable bonds is 8. The molecular weight excluding hydrogens is 302 g/mol. The molecule has 0 aromatic heterocycles. The van der Waals surface area contributed by atoms with E-state index >= 15 is 0 Å². The second-order valence-corrected chi connectivity index (χ2v) is 5.86. The maximum atomic E-state index is 12.0. The Hall–Kier alpha value is -0.830. The standard InChI is InChI=1S/C16H24BrNO/c1-3-4-5-6-7-12-16(19)18(2)13-14-10-8-9-11-15(14)17/h8-11H,3-7,12-13H2,1-2H3. The van der Waals surface area contributed by atoms with E-state index in [4.69, 9.17) is 0 Å². The van der Waals surface area contributed by atoms with E-state index in [0.717, 1.165) is 16.5 Å². The van der Waals surface area contributed by atoms with Crippen LogP contribution >= 0.6 is 15.9 Å². The molecule has 1 aromatic carbocycles. The van der Waals surface area contributed by atoms with E-state index < -0.39 is 0 Å². The molecule has 0 heterocycles. The quantitative estimate of drug-likeness (QED) is 0.630. The molecular formula is C16H24BrNO. The molecule has 0 N–H and O–H groups in total. The van der Waals surface area contributed by atoms with Crippen LogP contribution in [0.2, 0.25) is 0 Å². The minimum Gasteiger partial charge on any atom is -0.341 e. The zero-order valence-electron chi connectivity index (χ0n) is 12.0. The summed E-state index contributed by atoms with van der Waals surface area (Å²) >= 11 is 3.52. The summed E-state index contributed by atoms with van der Waals surface area (Å²) in [4.78, 5) is 13.8. The lowest BCUT2D eigenvalue weighted by molar-refractivity contribution is -0.130. The molecule has 1 aromatic rings. The number of unbranched alkanes of at least 4 members (excludes halogenated alkanes) is 4. The molecule has 0 saturated heterocycles. The third-order valence-corrected chi connectivity index (χ3v) is 4.06. The Morgan fingerprint density at radius 1 is 1.16 bits per heavy atom. The van der Waals surface area contributed by atoms with Crippen molar-refractivity contribution in [2.24, 2.45) is 0 Å². The number of carbonyl (C=O) groups is 1. The summed E-state index contributed by atoms with van der Waals surface area (Å²) in [5.74, 6) is 0.243. The predicted octanol–water partition coefficient (Wildman–Crippen LogP) is 4.77. The van der Waals surface area contributed by atoms with E-state index in [1.807, 2.05) is 30.1 Å². The Bertz CT molecular complexity index is 392. The lowest BCUT2D eigenvalue weighted by atomic mass is 10.1. The monoisotopic (exact) mass is 325 g/mol. The van der Waals surface area contributed by atoms with Crippen LogP contribution in [0.15, 0.2) is 28.7 Å². The van der Waals surface area contributed by atoms with Crippen molar-refractivity contribution in [2.75, 3.05) is 7.05 Å². The second-order valence-electron chi connectivity index (χ2n) is 5.01. The maximum absolute atomic E-state index is 12.0. The van der Waals surface area contributed by atoms with Gasteiger partial charge in [0.15, 0.2) is 0 Å². The average molecular weight is 326 g/mol. The molecule has 0 unspecified atom stereocenters. The first-order chi connectivity index (χ1) is 9.15. The van der Waals surface area contributed by atoms with Crippen molar-refractivity contribution in [1.82, 2.24) is 4.90 Å². The van der Waals surface area contributed by atoms with Gasteiger partial charge in [-0.15, -0.1) is 0 Å². The molecule has 1 amide bonds. The number of halogens is 1. The van der Waals surface area contributed by atoms with Crippen molar-refractivity contribution in [1.29, 1.82) is 0 Å². The normalized spacial score (nSPS) is 10.5. The van der Waals surface area contributed by atoms with E-state index in [9.17, 15) is 4.79 Å². The fourth-order valence-corrected chi connectivity index (χ4v) is 2.45. The molecule has 0 radical (unpaired) electrons. The molecule has 0 atom stereocenters. The zero-order valence-corrected chi connectivity index (χ0v) is 13.6. The van der Waals surface area contributed by atoms with Crippen LogP contribution in [0, 0.1) is 0 Å². The van der Waals surface area contributed by atoms with Gasteiger partial charge >= 0.3 is 0 Å². The number of benzene rings is 1. The van der Waals surface area contributed by atoms with Gasteiger partial charge in [-0.1, -0.05) is 66.7 Å². The summed E-state index contributed by atoms with van der Waals surface area (Å²) in [5.41, 5.74) is 1.16. The van der Waals surface area contributed by atoms with Gasteiger partial charge in [0.2, 0.25) is 5.91 Å². The summed E-state index contributed by atoms with van der Waals surface area (Å²) in [7, 11) is 1.88. The first kappa shape index (κ1) is 16.2. The van der Waals surface area contributed by atoms with E-state index in [-0.39, 0.29) is 5.91 Å². The second kappa shape index (κ2) is 9.13. The van der Waals surface area contributed by atoms with Gasteiger partial charge in [-0.25, -0.2) is 0 Å². The smallest absolute Gasteiger partial charge is 0.222 e. The summed E-state index contributed by atoms with van der Waals surface area (Å²) in [5, 5.41) is 0. The fourth-order valence-electron chi connectivity index (χ4n) is 2.04. The molecule has 0 aliphatic carbocycles.